The zero-order chi connectivity index (χ0) is 37.2. The molecule has 54 heavy (non-hydrogen) atoms. The lowest BCUT2D eigenvalue weighted by Gasteiger charge is -2.35. The second-order valence-electron chi connectivity index (χ2n) is 14.4. The van der Waals surface area contributed by atoms with Gasteiger partial charge in [-0.2, -0.15) is 0 Å². The van der Waals surface area contributed by atoms with Crippen molar-refractivity contribution in [2.24, 2.45) is 0 Å². The van der Waals surface area contributed by atoms with Crippen molar-refractivity contribution in [3.05, 3.63) is 131 Å². The minimum atomic E-state index is -0.992. The van der Waals surface area contributed by atoms with E-state index >= 15 is 0 Å². The topological polar surface area (TPSA) is 146 Å². The van der Waals surface area contributed by atoms with Crippen LogP contribution in [0.3, 0.4) is 0 Å². The zero-order valence-corrected chi connectivity index (χ0v) is 30.4. The molecule has 0 unspecified atom stereocenters. The maximum absolute atomic E-state index is 13.2. The summed E-state index contributed by atoms with van der Waals surface area (Å²) in [5, 5.41) is 10.3. The van der Waals surface area contributed by atoms with Crippen LogP contribution in [0, 0.1) is 0 Å². The highest BCUT2D eigenvalue weighted by molar-refractivity contribution is 5.78. The van der Waals surface area contributed by atoms with Crippen molar-refractivity contribution in [2.45, 2.75) is 62.5 Å². The molecule has 2 fully saturated rings. The Morgan fingerprint density at radius 2 is 1.48 bits per heavy atom. The third-order valence-corrected chi connectivity index (χ3v) is 11.0. The fourth-order valence-electron chi connectivity index (χ4n) is 8.10. The summed E-state index contributed by atoms with van der Waals surface area (Å²) in [4.78, 5) is 45.9. The predicted molar refractivity (Wildman–Crippen MR) is 203 cm³/mol. The van der Waals surface area contributed by atoms with Crippen molar-refractivity contribution in [3.63, 3.8) is 0 Å². The smallest absolute Gasteiger partial charge is 0.410 e. The number of rotatable bonds is 11. The van der Waals surface area contributed by atoms with Gasteiger partial charge in [-0.25, -0.2) is 19.6 Å². The van der Waals surface area contributed by atoms with Crippen LogP contribution < -0.4 is 0 Å². The Kier molecular flexibility index (Phi) is 9.78. The normalized spacial score (nSPS) is 21.3. The first-order valence-electron chi connectivity index (χ1n) is 18.4. The van der Waals surface area contributed by atoms with Crippen LogP contribution in [0.2, 0.25) is 0 Å². The highest BCUT2D eigenvalue weighted by atomic mass is 16.6. The van der Waals surface area contributed by atoms with E-state index in [4.69, 9.17) is 24.2 Å². The monoisotopic (exact) mass is 728 g/mol. The van der Waals surface area contributed by atoms with E-state index in [2.05, 4.69) is 34.2 Å². The third-order valence-electron chi connectivity index (χ3n) is 11.0. The molecule has 0 aliphatic carbocycles. The molecule has 8 rings (SSSR count). The summed E-state index contributed by atoms with van der Waals surface area (Å²) in [5.74, 6) is 1.34. The zero-order valence-electron chi connectivity index (χ0n) is 30.4. The maximum atomic E-state index is 13.2. The molecule has 4 atom stereocenters. The molecule has 3 N–H and O–H groups in total. The first-order valence-corrected chi connectivity index (χ1v) is 18.4. The molecular weight excluding hydrogens is 684 g/mol. The number of amides is 2. The van der Waals surface area contributed by atoms with Gasteiger partial charge in [0, 0.05) is 33.5 Å². The molecule has 0 saturated carbocycles. The van der Waals surface area contributed by atoms with Crippen LogP contribution in [0.15, 0.2) is 97.1 Å². The molecule has 6 aromatic rings. The molecule has 4 aromatic carbocycles. The van der Waals surface area contributed by atoms with Crippen LogP contribution in [-0.4, -0.2) is 86.5 Å². The van der Waals surface area contributed by atoms with Crippen LogP contribution >= 0.6 is 0 Å². The molecule has 0 bridgehead atoms. The molecular formula is C42H44N6O6. The molecule has 0 spiro atoms. The summed E-state index contributed by atoms with van der Waals surface area (Å²) in [6, 6.07) is 31.7. The van der Waals surface area contributed by atoms with Gasteiger partial charge in [-0.1, -0.05) is 72.8 Å². The van der Waals surface area contributed by atoms with Gasteiger partial charge in [-0.15, -0.1) is 0 Å². The maximum Gasteiger partial charge on any atom is 0.410 e. The molecule has 12 nitrogen and oxygen atoms in total. The largest absolute Gasteiger partial charge is 0.465 e. The standard InChI is InChI=1S/C42H44N6O6/c1-52-31-21-37(47(24-31)41(51)54-26-30-11-7-4-8-12-30)38-43-33-17-15-27(19-35(33)44-38)13-14-28-16-18-34-36(20-28)46-39(45-34)42(22-29-9-5-3-6-10-29)23-32(53-2)25-48(42)40(49)50/h3-12,15-20,31-32,37H,13-14,21-26H2,1-2H3,(H,43,44)(H,45,46)(H,49,50)/t31-,32-,37+,42+/m1/s1. The average Bonchev–Trinajstić information content (AvgIpc) is 4.00. The highest BCUT2D eigenvalue weighted by Gasteiger charge is 2.52. The van der Waals surface area contributed by atoms with Crippen LogP contribution in [-0.2, 0) is 45.6 Å². The van der Waals surface area contributed by atoms with E-state index in [0.29, 0.717) is 37.5 Å². The van der Waals surface area contributed by atoms with Gasteiger partial charge in [0.1, 0.15) is 23.8 Å². The van der Waals surface area contributed by atoms with Crippen molar-refractivity contribution in [1.29, 1.82) is 0 Å². The van der Waals surface area contributed by atoms with E-state index in [0.717, 1.165) is 57.2 Å². The van der Waals surface area contributed by atoms with Crippen molar-refractivity contribution in [2.75, 3.05) is 27.3 Å². The second-order valence-corrected chi connectivity index (χ2v) is 14.4. The van der Waals surface area contributed by atoms with E-state index in [9.17, 15) is 14.7 Å². The fraction of sp³-hybridized carbons (Fsp3) is 0.333. The number of H-pyrrole nitrogens is 2. The highest BCUT2D eigenvalue weighted by Crippen LogP contribution is 2.42. The van der Waals surface area contributed by atoms with E-state index in [1.807, 2.05) is 72.8 Å². The number of carbonyl (C=O) groups is 2. The minimum absolute atomic E-state index is 0.114. The Hall–Kier alpha value is -5.72. The Bertz CT molecular complexity index is 2260. The number of carbonyl (C=O) groups excluding carboxylic acids is 1. The SMILES string of the molecule is CO[C@@H]1C[C@@H](c2nc3ccc(CCc4ccc5[nH]c([C@]6(Cc7ccccc7)C[C@@H](OC)CN6C(=O)O)nc5c4)cc3[nH]2)N(C(=O)OCc2ccccc2)C1. The van der Waals surface area contributed by atoms with Crippen molar-refractivity contribution in [3.8, 4) is 0 Å². The van der Waals surface area contributed by atoms with Gasteiger partial charge in [-0.3, -0.25) is 9.80 Å². The van der Waals surface area contributed by atoms with Gasteiger partial charge in [0.2, 0.25) is 0 Å². The Morgan fingerprint density at radius 1 is 0.778 bits per heavy atom. The quantitative estimate of drug-likeness (QED) is 0.127. The number of nitrogens with zero attached hydrogens (tertiary/aromatic N) is 4. The molecule has 4 heterocycles. The number of benzene rings is 4. The fourth-order valence-corrected chi connectivity index (χ4v) is 8.10. The first-order chi connectivity index (χ1) is 26.3. The number of fused-ring (bicyclic) bond motifs is 2. The van der Waals surface area contributed by atoms with Gasteiger partial charge >= 0.3 is 12.2 Å². The summed E-state index contributed by atoms with van der Waals surface area (Å²) < 4.78 is 17.0. The number of hydrogen-bond donors (Lipinski definition) is 3. The van der Waals surface area contributed by atoms with E-state index in [1.165, 1.54) is 4.90 Å². The predicted octanol–water partition coefficient (Wildman–Crippen LogP) is 7.16. The summed E-state index contributed by atoms with van der Waals surface area (Å²) >= 11 is 0. The number of aryl methyl sites for hydroxylation is 2. The minimum Gasteiger partial charge on any atom is -0.465 e. The second kappa shape index (κ2) is 15.0. The number of methoxy groups -OCH3 is 2. The van der Waals surface area contributed by atoms with E-state index in [1.54, 1.807) is 19.1 Å². The van der Waals surface area contributed by atoms with E-state index in [-0.39, 0.29) is 31.4 Å². The van der Waals surface area contributed by atoms with Gasteiger partial charge in [-0.05, 0) is 59.4 Å². The lowest BCUT2D eigenvalue weighted by Crippen LogP contribution is -2.46. The number of nitrogens with one attached hydrogen (secondary N) is 2. The Balaban J connectivity index is 0.988. The molecule has 2 aliphatic rings. The van der Waals surface area contributed by atoms with Crippen LogP contribution in [0.5, 0.6) is 0 Å². The van der Waals surface area contributed by atoms with Gasteiger partial charge < -0.3 is 29.3 Å². The van der Waals surface area contributed by atoms with Gasteiger partial charge in [0.05, 0.1) is 53.4 Å². The molecule has 12 heteroatoms. The number of likely N-dealkylation sites (tertiary alicyclic amines) is 2. The lowest BCUT2D eigenvalue weighted by molar-refractivity contribution is 0.0795. The van der Waals surface area contributed by atoms with Crippen molar-refractivity contribution >= 4 is 34.3 Å². The summed E-state index contributed by atoms with van der Waals surface area (Å²) in [6.07, 6.45) is 1.44. The van der Waals surface area contributed by atoms with Gasteiger partial charge in [0.25, 0.3) is 0 Å². The van der Waals surface area contributed by atoms with Crippen LogP contribution in [0.1, 0.15) is 52.8 Å². The number of carboxylic acid groups (broad SMARTS) is 1. The summed E-state index contributed by atoms with van der Waals surface area (Å²) in [5.41, 5.74) is 6.74. The average molecular weight is 729 g/mol. The number of hydrogen-bond acceptors (Lipinski definition) is 7. The molecule has 278 valence electrons. The Labute approximate surface area is 313 Å². The van der Waals surface area contributed by atoms with Crippen molar-refractivity contribution < 1.29 is 28.9 Å². The number of ether oxygens (including phenoxy) is 3. The number of imidazole rings is 2. The molecule has 2 aliphatic heterocycles. The molecule has 2 saturated heterocycles. The molecule has 0 radical (unpaired) electrons. The molecule has 2 aromatic heterocycles. The number of aromatic amines is 2. The third kappa shape index (κ3) is 7.02. The molecule has 2 amide bonds. The summed E-state index contributed by atoms with van der Waals surface area (Å²) in [6.45, 7) is 0.904. The first kappa shape index (κ1) is 35.3. The summed E-state index contributed by atoms with van der Waals surface area (Å²) in [7, 11) is 3.29. The lowest BCUT2D eigenvalue weighted by atomic mass is 9.86. The van der Waals surface area contributed by atoms with Crippen LogP contribution in [0.25, 0.3) is 22.1 Å². The Morgan fingerprint density at radius 3 is 2.20 bits per heavy atom. The van der Waals surface area contributed by atoms with E-state index < -0.39 is 17.7 Å². The van der Waals surface area contributed by atoms with Crippen LogP contribution in [0.4, 0.5) is 9.59 Å². The number of aromatic nitrogens is 4. The van der Waals surface area contributed by atoms with Crippen molar-refractivity contribution in [1.82, 2.24) is 29.7 Å². The van der Waals surface area contributed by atoms with Gasteiger partial charge in [0.15, 0.2) is 0 Å².